The summed E-state index contributed by atoms with van der Waals surface area (Å²) in [4.78, 5) is 10.5. The fraction of sp³-hybridized carbons (Fsp3) is 0.0909. The zero-order chi connectivity index (χ0) is 11.4. The smallest absolute Gasteiger partial charge is 0.351 e. The fourth-order valence-electron chi connectivity index (χ4n) is 1.09. The van der Waals surface area contributed by atoms with Crippen LogP contribution >= 0.6 is 0 Å². The summed E-state index contributed by atoms with van der Waals surface area (Å²) in [6, 6.07) is 7.09. The fourth-order valence-corrected chi connectivity index (χ4v) is 1.09. The first-order valence-corrected chi connectivity index (χ1v) is 4.26. The minimum atomic E-state index is -1.17. The summed E-state index contributed by atoms with van der Waals surface area (Å²) in [5, 5.41) is 17.3. The van der Waals surface area contributed by atoms with Gasteiger partial charge in [-0.3, -0.25) is 0 Å². The molecule has 4 heteroatoms. The first-order chi connectivity index (χ1) is 7.04. The largest absolute Gasteiger partial charge is 0.477 e. The van der Waals surface area contributed by atoms with Crippen LogP contribution in [0.5, 0.6) is 0 Å². The molecule has 0 unspecified atom stereocenters. The molecule has 0 bridgehead atoms. The topological polar surface area (TPSA) is 87.1 Å². The van der Waals surface area contributed by atoms with E-state index in [1.807, 2.05) is 13.0 Å². The highest BCUT2D eigenvalue weighted by Crippen LogP contribution is 2.12. The van der Waals surface area contributed by atoms with Gasteiger partial charge in [-0.2, -0.15) is 5.26 Å². The lowest BCUT2D eigenvalue weighted by atomic mass is 10.1. The maximum absolute atomic E-state index is 10.5. The predicted molar refractivity (Wildman–Crippen MR) is 55.7 cm³/mol. The number of nitrogens with zero attached hydrogens (tertiary/aromatic N) is 1. The Hall–Kier alpha value is -2.28. The summed E-state index contributed by atoms with van der Waals surface area (Å²) in [5.41, 5.74) is 6.98. The number of benzene rings is 1. The molecule has 0 aliphatic rings. The number of rotatable bonds is 2. The van der Waals surface area contributed by atoms with Crippen molar-refractivity contribution >= 4 is 12.0 Å². The molecular formula is C11H10N2O2. The van der Waals surface area contributed by atoms with Crippen molar-refractivity contribution < 1.29 is 9.90 Å². The number of hydrogen-bond donors (Lipinski definition) is 2. The van der Waals surface area contributed by atoms with E-state index in [1.165, 1.54) is 6.08 Å². The number of nitriles is 1. The van der Waals surface area contributed by atoms with Crippen molar-refractivity contribution in [3.05, 3.63) is 40.6 Å². The number of carboxylic acid groups (broad SMARTS) is 1. The SMILES string of the molecule is Cc1ccc(/C=C(/N)C(=O)O)cc1C#N. The summed E-state index contributed by atoms with van der Waals surface area (Å²) in [5.74, 6) is -1.17. The lowest BCUT2D eigenvalue weighted by Gasteiger charge is -1.99. The second-order valence-corrected chi connectivity index (χ2v) is 3.09. The van der Waals surface area contributed by atoms with Crippen LogP contribution in [0, 0.1) is 18.3 Å². The Morgan fingerprint density at radius 3 is 2.80 bits per heavy atom. The van der Waals surface area contributed by atoms with Crippen molar-refractivity contribution in [2.24, 2.45) is 5.73 Å². The molecule has 76 valence electrons. The molecule has 0 fully saturated rings. The van der Waals surface area contributed by atoms with Gasteiger partial charge in [-0.25, -0.2) is 4.79 Å². The van der Waals surface area contributed by atoms with E-state index in [4.69, 9.17) is 16.1 Å². The Bertz CT molecular complexity index is 470. The van der Waals surface area contributed by atoms with E-state index in [1.54, 1.807) is 18.2 Å². The van der Waals surface area contributed by atoms with Gasteiger partial charge < -0.3 is 10.8 Å². The van der Waals surface area contributed by atoms with Gasteiger partial charge >= 0.3 is 5.97 Å². The third-order valence-electron chi connectivity index (χ3n) is 1.95. The molecule has 1 aromatic carbocycles. The van der Waals surface area contributed by atoms with E-state index >= 15 is 0 Å². The minimum absolute atomic E-state index is 0.247. The van der Waals surface area contributed by atoms with Gasteiger partial charge in [0.25, 0.3) is 0 Å². The molecule has 1 rings (SSSR count). The van der Waals surface area contributed by atoms with Crippen LogP contribution in [-0.4, -0.2) is 11.1 Å². The molecule has 0 spiro atoms. The summed E-state index contributed by atoms with van der Waals surface area (Å²) in [6.07, 6.45) is 1.32. The molecule has 0 radical (unpaired) electrons. The van der Waals surface area contributed by atoms with Crippen LogP contribution in [0.3, 0.4) is 0 Å². The lowest BCUT2D eigenvalue weighted by Crippen LogP contribution is -2.09. The Labute approximate surface area is 87.3 Å². The first-order valence-electron chi connectivity index (χ1n) is 4.26. The molecule has 0 heterocycles. The quantitative estimate of drug-likeness (QED) is 0.706. The molecule has 15 heavy (non-hydrogen) atoms. The predicted octanol–water partition coefficient (Wildman–Crippen LogP) is 1.25. The van der Waals surface area contributed by atoms with E-state index in [-0.39, 0.29) is 5.70 Å². The molecule has 1 aromatic rings. The van der Waals surface area contributed by atoms with Crippen LogP contribution in [0.4, 0.5) is 0 Å². The number of hydrogen-bond acceptors (Lipinski definition) is 3. The van der Waals surface area contributed by atoms with Crippen molar-refractivity contribution in [3.8, 4) is 6.07 Å². The highest BCUT2D eigenvalue weighted by molar-refractivity contribution is 5.91. The van der Waals surface area contributed by atoms with Gasteiger partial charge in [0.1, 0.15) is 5.70 Å². The highest BCUT2D eigenvalue weighted by atomic mass is 16.4. The summed E-state index contributed by atoms with van der Waals surface area (Å²) in [7, 11) is 0. The van der Waals surface area contributed by atoms with E-state index in [9.17, 15) is 4.79 Å². The number of carboxylic acids is 1. The van der Waals surface area contributed by atoms with E-state index < -0.39 is 5.97 Å². The monoisotopic (exact) mass is 202 g/mol. The summed E-state index contributed by atoms with van der Waals surface area (Å²) >= 11 is 0. The van der Waals surface area contributed by atoms with Crippen LogP contribution in [0.25, 0.3) is 6.08 Å². The van der Waals surface area contributed by atoms with Crippen LogP contribution in [0.2, 0.25) is 0 Å². The van der Waals surface area contributed by atoms with Gasteiger partial charge in [-0.1, -0.05) is 12.1 Å². The van der Waals surface area contributed by atoms with Gasteiger partial charge in [0.05, 0.1) is 11.6 Å². The third kappa shape index (κ3) is 2.58. The van der Waals surface area contributed by atoms with E-state index in [2.05, 4.69) is 0 Å². The number of nitrogens with two attached hydrogens (primary N) is 1. The van der Waals surface area contributed by atoms with Gasteiger partial charge in [0, 0.05) is 0 Å². The zero-order valence-corrected chi connectivity index (χ0v) is 8.19. The zero-order valence-electron chi connectivity index (χ0n) is 8.19. The van der Waals surface area contributed by atoms with Crippen LogP contribution < -0.4 is 5.73 Å². The van der Waals surface area contributed by atoms with Crippen molar-refractivity contribution in [2.75, 3.05) is 0 Å². The molecule has 4 nitrogen and oxygen atoms in total. The Morgan fingerprint density at radius 2 is 2.27 bits per heavy atom. The van der Waals surface area contributed by atoms with Crippen molar-refractivity contribution in [3.63, 3.8) is 0 Å². The standard InChI is InChI=1S/C11H10N2O2/c1-7-2-3-8(4-9(7)6-12)5-10(13)11(14)15/h2-5H,13H2,1H3,(H,14,15)/b10-5+. The Balaban J connectivity index is 3.14. The normalized spacial score (nSPS) is 10.8. The van der Waals surface area contributed by atoms with Crippen LogP contribution in [0.15, 0.2) is 23.9 Å². The highest BCUT2D eigenvalue weighted by Gasteiger charge is 2.02. The number of aliphatic carboxylic acids is 1. The van der Waals surface area contributed by atoms with Gasteiger partial charge in [-0.05, 0) is 30.2 Å². The van der Waals surface area contributed by atoms with Gasteiger partial charge in [0.2, 0.25) is 0 Å². The van der Waals surface area contributed by atoms with Crippen molar-refractivity contribution in [1.29, 1.82) is 5.26 Å². The molecule has 0 aliphatic heterocycles. The van der Waals surface area contributed by atoms with Crippen molar-refractivity contribution in [1.82, 2.24) is 0 Å². The Kier molecular flexibility index (Phi) is 3.09. The van der Waals surface area contributed by atoms with Crippen molar-refractivity contribution in [2.45, 2.75) is 6.92 Å². The summed E-state index contributed by atoms with van der Waals surface area (Å²) < 4.78 is 0. The minimum Gasteiger partial charge on any atom is -0.477 e. The van der Waals surface area contributed by atoms with Gasteiger partial charge in [-0.15, -0.1) is 0 Å². The number of aryl methyl sites for hydroxylation is 1. The summed E-state index contributed by atoms with van der Waals surface area (Å²) in [6.45, 7) is 1.81. The Morgan fingerprint density at radius 1 is 1.60 bits per heavy atom. The lowest BCUT2D eigenvalue weighted by molar-refractivity contribution is -0.132. The molecule has 0 saturated heterocycles. The molecule has 0 saturated carbocycles. The molecule has 0 atom stereocenters. The van der Waals surface area contributed by atoms with E-state index in [0.29, 0.717) is 11.1 Å². The molecular weight excluding hydrogens is 192 g/mol. The molecule has 0 aromatic heterocycles. The maximum Gasteiger partial charge on any atom is 0.351 e. The second kappa shape index (κ2) is 4.29. The second-order valence-electron chi connectivity index (χ2n) is 3.09. The average molecular weight is 202 g/mol. The number of carbonyl (C=O) groups is 1. The molecule has 0 amide bonds. The molecule has 0 aliphatic carbocycles. The van der Waals surface area contributed by atoms with Crippen LogP contribution in [0.1, 0.15) is 16.7 Å². The third-order valence-corrected chi connectivity index (χ3v) is 1.95. The first kappa shape index (κ1) is 10.8. The van der Waals surface area contributed by atoms with E-state index in [0.717, 1.165) is 5.56 Å². The average Bonchev–Trinajstić information content (AvgIpc) is 2.20. The molecule has 3 N–H and O–H groups in total. The van der Waals surface area contributed by atoms with Crippen LogP contribution in [-0.2, 0) is 4.79 Å². The maximum atomic E-state index is 10.5. The van der Waals surface area contributed by atoms with Gasteiger partial charge in [0.15, 0.2) is 0 Å².